The van der Waals surface area contributed by atoms with Crippen LogP contribution in [0.25, 0.3) is 10.9 Å². The fourth-order valence-electron chi connectivity index (χ4n) is 5.14. The number of aromatic nitrogens is 1. The summed E-state index contributed by atoms with van der Waals surface area (Å²) in [6.45, 7) is 4.23. The van der Waals surface area contributed by atoms with Crippen LogP contribution in [0, 0.1) is 22.9 Å². The molecular formula is C29H33F3N2O4. The summed E-state index contributed by atoms with van der Waals surface area (Å²) in [5, 5.41) is 0.711. The van der Waals surface area contributed by atoms with E-state index in [4.69, 9.17) is 14.2 Å². The lowest BCUT2D eigenvalue weighted by Crippen LogP contribution is -2.46. The number of carbonyl (C=O) groups is 1. The molecule has 1 aliphatic rings. The average Bonchev–Trinajstić information content (AvgIpc) is 2.90. The number of aryl methyl sites for hydroxylation is 1. The number of fused-ring (bicyclic) bond motifs is 1. The van der Waals surface area contributed by atoms with Gasteiger partial charge in [0, 0.05) is 30.1 Å². The molecule has 6 nitrogen and oxygen atoms in total. The molecule has 0 radical (unpaired) electrons. The van der Waals surface area contributed by atoms with Crippen molar-refractivity contribution in [2.75, 3.05) is 40.0 Å². The van der Waals surface area contributed by atoms with Gasteiger partial charge in [-0.25, -0.2) is 13.2 Å². The zero-order valence-corrected chi connectivity index (χ0v) is 21.8. The number of hydrogen-bond donors (Lipinski definition) is 0. The topological polar surface area (TPSA) is 60.9 Å². The van der Waals surface area contributed by atoms with Gasteiger partial charge in [-0.15, -0.1) is 0 Å². The van der Waals surface area contributed by atoms with Crippen LogP contribution in [0.5, 0.6) is 11.5 Å². The third-order valence-electron chi connectivity index (χ3n) is 7.25. The average molecular weight is 531 g/mol. The first-order valence-corrected chi connectivity index (χ1v) is 12.9. The first-order valence-electron chi connectivity index (χ1n) is 12.9. The summed E-state index contributed by atoms with van der Waals surface area (Å²) in [6, 6.07) is 8.49. The highest BCUT2D eigenvalue weighted by Gasteiger charge is 2.42. The number of pyridine rings is 1. The van der Waals surface area contributed by atoms with Gasteiger partial charge in [-0.2, -0.15) is 0 Å². The number of nitrogens with zero attached hydrogens (tertiary/aromatic N) is 2. The fourth-order valence-corrected chi connectivity index (χ4v) is 5.14. The number of methoxy groups -OCH3 is 1. The molecule has 0 spiro atoms. The Morgan fingerprint density at radius 2 is 1.79 bits per heavy atom. The zero-order valence-electron chi connectivity index (χ0n) is 21.8. The third-order valence-corrected chi connectivity index (χ3v) is 7.25. The molecule has 0 amide bonds. The van der Waals surface area contributed by atoms with Gasteiger partial charge < -0.3 is 14.2 Å². The van der Waals surface area contributed by atoms with Gasteiger partial charge in [-0.05, 0) is 75.9 Å². The number of hydrogen-bond acceptors (Lipinski definition) is 6. The minimum atomic E-state index is -0.684. The zero-order chi connectivity index (χ0) is 27.1. The largest absolute Gasteiger partial charge is 0.497 e. The Hall–Kier alpha value is -3.33. The summed E-state index contributed by atoms with van der Waals surface area (Å²) < 4.78 is 57.8. The van der Waals surface area contributed by atoms with Gasteiger partial charge in [-0.3, -0.25) is 14.7 Å². The Morgan fingerprint density at radius 1 is 1.05 bits per heavy atom. The first-order chi connectivity index (χ1) is 18.3. The van der Waals surface area contributed by atoms with Crippen molar-refractivity contribution in [3.63, 3.8) is 0 Å². The molecule has 4 rings (SSSR count). The standard InChI is InChI=1S/C29H33F3N2O4/c1-3-37-28(35)29(8-4-5-24-25-18-22(36-2)6-7-27(25)33-19-26(24)32)9-11-34(12-10-29)13-14-38-23-16-20(30)15-21(31)17-23/h6-7,15-19H,3-5,8-14H2,1-2H3. The summed E-state index contributed by atoms with van der Waals surface area (Å²) >= 11 is 0. The Balaban J connectivity index is 1.37. The lowest BCUT2D eigenvalue weighted by atomic mass is 9.74. The Kier molecular flexibility index (Phi) is 9.09. The van der Waals surface area contributed by atoms with E-state index in [0.717, 1.165) is 18.2 Å². The van der Waals surface area contributed by atoms with E-state index < -0.39 is 17.0 Å². The minimum absolute atomic E-state index is 0.147. The molecule has 0 atom stereocenters. The molecule has 1 fully saturated rings. The second kappa shape index (κ2) is 12.5. The van der Waals surface area contributed by atoms with Crippen LogP contribution < -0.4 is 9.47 Å². The fraction of sp³-hybridized carbons (Fsp3) is 0.448. The predicted octanol–water partition coefficient (Wildman–Crippen LogP) is 5.71. The monoisotopic (exact) mass is 530 g/mol. The van der Waals surface area contributed by atoms with Crippen LogP contribution in [-0.4, -0.2) is 55.8 Å². The SMILES string of the molecule is CCOC(=O)C1(CCCc2c(F)cnc3ccc(OC)cc23)CCN(CCOc2cc(F)cc(F)c2)CC1. The van der Waals surface area contributed by atoms with Gasteiger partial charge in [0.2, 0.25) is 0 Å². The lowest BCUT2D eigenvalue weighted by Gasteiger charge is -2.40. The van der Waals surface area contributed by atoms with Gasteiger partial charge in [0.05, 0.1) is 30.8 Å². The molecule has 9 heteroatoms. The van der Waals surface area contributed by atoms with Crippen molar-refractivity contribution in [1.82, 2.24) is 9.88 Å². The number of likely N-dealkylation sites (tertiary alicyclic amines) is 1. The van der Waals surface area contributed by atoms with Crippen LogP contribution in [0.4, 0.5) is 13.2 Å². The van der Waals surface area contributed by atoms with E-state index in [2.05, 4.69) is 9.88 Å². The number of piperidine rings is 1. The normalized spacial score (nSPS) is 15.4. The van der Waals surface area contributed by atoms with E-state index in [9.17, 15) is 18.0 Å². The highest BCUT2D eigenvalue weighted by molar-refractivity contribution is 5.83. The molecule has 1 saturated heterocycles. The van der Waals surface area contributed by atoms with Crippen LogP contribution in [0.2, 0.25) is 0 Å². The summed E-state index contributed by atoms with van der Waals surface area (Å²) in [4.78, 5) is 19.4. The molecule has 38 heavy (non-hydrogen) atoms. The summed E-state index contributed by atoms with van der Waals surface area (Å²) in [5.74, 6) is -1.18. The van der Waals surface area contributed by atoms with Crippen LogP contribution >= 0.6 is 0 Å². The Bertz CT molecular complexity index is 1240. The second-order valence-corrected chi connectivity index (χ2v) is 9.62. The molecule has 0 unspecified atom stereocenters. The Morgan fingerprint density at radius 3 is 2.47 bits per heavy atom. The molecule has 0 saturated carbocycles. The molecule has 1 aromatic heterocycles. The van der Waals surface area contributed by atoms with Crippen molar-refractivity contribution in [2.45, 2.75) is 39.0 Å². The maximum atomic E-state index is 14.8. The van der Waals surface area contributed by atoms with Gasteiger partial charge in [-0.1, -0.05) is 0 Å². The van der Waals surface area contributed by atoms with Gasteiger partial charge in [0.15, 0.2) is 0 Å². The van der Waals surface area contributed by atoms with Crippen LogP contribution in [0.15, 0.2) is 42.6 Å². The summed E-state index contributed by atoms with van der Waals surface area (Å²) in [5.41, 5.74) is 0.617. The highest BCUT2D eigenvalue weighted by Crippen LogP contribution is 2.38. The first kappa shape index (κ1) is 27.7. The second-order valence-electron chi connectivity index (χ2n) is 9.62. The van der Waals surface area contributed by atoms with Crippen LogP contribution in [-0.2, 0) is 16.0 Å². The van der Waals surface area contributed by atoms with E-state index in [1.165, 1.54) is 6.20 Å². The lowest BCUT2D eigenvalue weighted by molar-refractivity contribution is -0.159. The molecule has 0 aliphatic carbocycles. The number of esters is 1. The number of benzene rings is 2. The number of halogens is 3. The number of ether oxygens (including phenoxy) is 3. The van der Waals surface area contributed by atoms with E-state index in [-0.39, 0.29) is 24.1 Å². The minimum Gasteiger partial charge on any atom is -0.497 e. The molecule has 0 bridgehead atoms. The molecule has 2 heterocycles. The van der Waals surface area contributed by atoms with Crippen molar-refractivity contribution in [1.29, 1.82) is 0 Å². The van der Waals surface area contributed by atoms with Gasteiger partial charge in [0.25, 0.3) is 0 Å². The molecule has 1 aliphatic heterocycles. The molecule has 0 N–H and O–H groups in total. The highest BCUT2D eigenvalue weighted by atomic mass is 19.1. The van der Waals surface area contributed by atoms with E-state index in [1.54, 1.807) is 32.2 Å². The van der Waals surface area contributed by atoms with E-state index in [0.29, 0.717) is 80.6 Å². The molecule has 204 valence electrons. The van der Waals surface area contributed by atoms with Crippen LogP contribution in [0.1, 0.15) is 38.2 Å². The smallest absolute Gasteiger partial charge is 0.312 e. The van der Waals surface area contributed by atoms with Crippen molar-refractivity contribution < 1.29 is 32.2 Å². The Labute approximate surface area is 220 Å². The van der Waals surface area contributed by atoms with E-state index >= 15 is 0 Å². The van der Waals surface area contributed by atoms with E-state index in [1.807, 2.05) is 0 Å². The van der Waals surface area contributed by atoms with Crippen molar-refractivity contribution in [3.05, 3.63) is 65.6 Å². The predicted molar refractivity (Wildman–Crippen MR) is 138 cm³/mol. The van der Waals surface area contributed by atoms with Crippen molar-refractivity contribution in [3.8, 4) is 11.5 Å². The summed E-state index contributed by atoms with van der Waals surface area (Å²) in [7, 11) is 1.57. The quantitative estimate of drug-likeness (QED) is 0.296. The molecular weight excluding hydrogens is 497 g/mol. The van der Waals surface area contributed by atoms with Gasteiger partial charge >= 0.3 is 5.97 Å². The summed E-state index contributed by atoms with van der Waals surface area (Å²) in [6.07, 6.45) is 4.10. The maximum Gasteiger partial charge on any atom is 0.312 e. The number of carbonyl (C=O) groups excluding carboxylic acids is 1. The maximum absolute atomic E-state index is 14.8. The molecule has 3 aromatic rings. The number of rotatable bonds is 11. The van der Waals surface area contributed by atoms with Crippen molar-refractivity contribution in [2.24, 2.45) is 5.41 Å². The van der Waals surface area contributed by atoms with Gasteiger partial charge in [0.1, 0.15) is 35.6 Å². The van der Waals surface area contributed by atoms with Crippen LogP contribution in [0.3, 0.4) is 0 Å². The third kappa shape index (κ3) is 6.56. The van der Waals surface area contributed by atoms with Crippen molar-refractivity contribution >= 4 is 16.9 Å². The molecule has 2 aromatic carbocycles.